The molecule has 0 saturated heterocycles. The summed E-state index contributed by atoms with van der Waals surface area (Å²) in [5, 5.41) is 19.3. The Labute approximate surface area is 229 Å². The van der Waals surface area contributed by atoms with Gasteiger partial charge in [-0.3, -0.25) is 9.48 Å². The molecular weight excluding hydrogens is 523 g/mol. The summed E-state index contributed by atoms with van der Waals surface area (Å²) in [6, 6.07) is 10.2. The van der Waals surface area contributed by atoms with Crippen molar-refractivity contribution in [1.82, 2.24) is 20.1 Å². The van der Waals surface area contributed by atoms with Gasteiger partial charge in [0.15, 0.2) is 5.82 Å². The van der Waals surface area contributed by atoms with E-state index in [4.69, 9.17) is 21.1 Å². The second-order valence-corrected chi connectivity index (χ2v) is 11.1. The number of aliphatic hydroxyl groups excluding tert-OH is 1. The number of nitrogens with zero attached hydrogens (tertiary/aromatic N) is 3. The molecule has 2 N–H and O–H groups in total. The lowest BCUT2D eigenvalue weighted by atomic mass is 9.85. The predicted molar refractivity (Wildman–Crippen MR) is 145 cm³/mol. The third-order valence-electron chi connectivity index (χ3n) is 7.30. The third-order valence-corrected chi connectivity index (χ3v) is 7.59. The first-order chi connectivity index (χ1) is 18.7. The summed E-state index contributed by atoms with van der Waals surface area (Å²) in [6.07, 6.45) is 2.95. The zero-order chi connectivity index (χ0) is 27.5. The molecule has 3 heterocycles. The van der Waals surface area contributed by atoms with Crippen molar-refractivity contribution in [2.45, 2.75) is 44.2 Å². The Morgan fingerprint density at radius 3 is 2.87 bits per heavy atom. The van der Waals surface area contributed by atoms with Crippen molar-refractivity contribution in [3.05, 3.63) is 70.3 Å². The zero-order valence-corrected chi connectivity index (χ0v) is 22.6. The van der Waals surface area contributed by atoms with Crippen molar-refractivity contribution in [3.63, 3.8) is 0 Å². The molecule has 1 aliphatic carbocycles. The number of hydrogen-bond acceptors (Lipinski definition) is 6. The smallest absolute Gasteiger partial charge is 0.251 e. The van der Waals surface area contributed by atoms with Crippen molar-refractivity contribution < 1.29 is 23.8 Å². The van der Waals surface area contributed by atoms with Gasteiger partial charge in [0.05, 0.1) is 30.5 Å². The van der Waals surface area contributed by atoms with Crippen LogP contribution in [0.1, 0.15) is 60.5 Å². The van der Waals surface area contributed by atoms with E-state index in [1.807, 2.05) is 24.7 Å². The molecule has 6 rings (SSSR count). The maximum absolute atomic E-state index is 15.0. The molecule has 2 aromatic carbocycles. The molecule has 10 heteroatoms. The van der Waals surface area contributed by atoms with Gasteiger partial charge in [0.25, 0.3) is 5.91 Å². The van der Waals surface area contributed by atoms with Gasteiger partial charge in [0.1, 0.15) is 28.8 Å². The number of methoxy groups -OCH3 is 1. The van der Waals surface area contributed by atoms with Crippen LogP contribution >= 0.6 is 11.6 Å². The third kappa shape index (κ3) is 4.59. The summed E-state index contributed by atoms with van der Waals surface area (Å²) >= 11 is 6.04. The number of fused-ring (bicyclic) bond motifs is 2. The Balaban J connectivity index is 1.28. The number of hydrogen-bond donors (Lipinski definition) is 2. The molecule has 8 nitrogen and oxygen atoms in total. The van der Waals surface area contributed by atoms with Gasteiger partial charge in [-0.15, -0.1) is 0 Å². The average Bonchev–Trinajstić information content (AvgIpc) is 3.61. The van der Waals surface area contributed by atoms with Crippen LogP contribution in [0.5, 0.6) is 11.5 Å². The minimum absolute atomic E-state index is 0.0337. The van der Waals surface area contributed by atoms with Crippen molar-refractivity contribution in [2.75, 3.05) is 20.3 Å². The van der Waals surface area contributed by atoms with Crippen molar-refractivity contribution in [3.8, 4) is 22.8 Å². The molecule has 0 radical (unpaired) electrons. The van der Waals surface area contributed by atoms with Crippen LogP contribution in [0.3, 0.4) is 0 Å². The number of carbonyl (C=O) groups is 1. The fourth-order valence-electron chi connectivity index (χ4n) is 4.90. The van der Waals surface area contributed by atoms with E-state index in [0.717, 1.165) is 23.8 Å². The van der Waals surface area contributed by atoms with E-state index in [1.165, 1.54) is 6.07 Å². The standard InChI is InChI=1S/C29H28ClFN4O4/c1-29(2)14-39-27-19(29)11-21(33-26(27)18-5-4-6-20(30)24(18)31)22(36)12-32-28(37)15-9-16-13-35(17-7-8-17)34-25(16)23(10-15)38-3/h4-6,9-11,13,17,22,36H,7-8,12,14H2,1-3H3,(H,32,37)/t22-/m1/s1. The molecular formula is C29H28ClFN4O4. The van der Waals surface area contributed by atoms with Crippen molar-refractivity contribution in [2.24, 2.45) is 0 Å². The number of pyridine rings is 1. The average molecular weight is 551 g/mol. The first-order valence-corrected chi connectivity index (χ1v) is 13.2. The number of amides is 1. The quantitative estimate of drug-likeness (QED) is 0.321. The van der Waals surface area contributed by atoms with Crippen molar-refractivity contribution in [1.29, 1.82) is 0 Å². The highest BCUT2D eigenvalue weighted by Crippen LogP contribution is 2.45. The molecule has 1 saturated carbocycles. The van der Waals surface area contributed by atoms with Gasteiger partial charge in [-0.25, -0.2) is 9.37 Å². The van der Waals surface area contributed by atoms with E-state index in [-0.39, 0.29) is 34.1 Å². The van der Waals surface area contributed by atoms with Crippen LogP contribution in [0.25, 0.3) is 22.2 Å². The van der Waals surface area contributed by atoms with E-state index in [0.29, 0.717) is 40.9 Å². The summed E-state index contributed by atoms with van der Waals surface area (Å²) in [5.41, 5.74) is 2.25. The molecule has 1 fully saturated rings. The number of carbonyl (C=O) groups excluding carboxylic acids is 1. The van der Waals surface area contributed by atoms with Crippen LogP contribution in [0, 0.1) is 5.82 Å². The SMILES string of the molecule is COc1cc(C(=O)NC[C@@H](O)c2cc3c(c(-c4cccc(Cl)c4F)n2)OCC3(C)C)cc2cn(C3CC3)nc12. The molecule has 0 bridgehead atoms. The number of ether oxygens (including phenoxy) is 2. The second kappa shape index (κ2) is 9.50. The van der Waals surface area contributed by atoms with E-state index in [2.05, 4.69) is 15.4 Å². The van der Waals surface area contributed by atoms with Crippen LogP contribution in [-0.2, 0) is 5.41 Å². The summed E-state index contributed by atoms with van der Waals surface area (Å²) in [7, 11) is 1.54. The summed E-state index contributed by atoms with van der Waals surface area (Å²) in [6.45, 7) is 4.29. The zero-order valence-electron chi connectivity index (χ0n) is 21.8. The fourth-order valence-corrected chi connectivity index (χ4v) is 5.08. The molecule has 2 aliphatic rings. The lowest BCUT2D eigenvalue weighted by Gasteiger charge is -2.19. The highest BCUT2D eigenvalue weighted by molar-refractivity contribution is 6.31. The Kier molecular flexibility index (Phi) is 6.23. The number of halogens is 2. The van der Waals surface area contributed by atoms with Crippen LogP contribution in [0.2, 0.25) is 5.02 Å². The van der Waals surface area contributed by atoms with Crippen LogP contribution in [0.15, 0.2) is 42.6 Å². The molecule has 202 valence electrons. The van der Waals surface area contributed by atoms with Crippen molar-refractivity contribution >= 4 is 28.4 Å². The molecule has 0 spiro atoms. The van der Waals surface area contributed by atoms with Crippen LogP contribution < -0.4 is 14.8 Å². The van der Waals surface area contributed by atoms with Gasteiger partial charge in [0, 0.05) is 40.2 Å². The summed E-state index contributed by atoms with van der Waals surface area (Å²) in [4.78, 5) is 17.7. The van der Waals surface area contributed by atoms with Gasteiger partial charge < -0.3 is 19.9 Å². The molecule has 2 aromatic heterocycles. The minimum Gasteiger partial charge on any atom is -0.494 e. The maximum Gasteiger partial charge on any atom is 0.251 e. The fraction of sp³-hybridized carbons (Fsp3) is 0.345. The number of aromatic nitrogens is 3. The topological polar surface area (TPSA) is 98.5 Å². The molecule has 1 amide bonds. The first-order valence-electron chi connectivity index (χ1n) is 12.8. The van der Waals surface area contributed by atoms with E-state index in [9.17, 15) is 14.3 Å². The number of rotatable bonds is 7. The lowest BCUT2D eigenvalue weighted by molar-refractivity contribution is 0.0914. The Bertz CT molecular complexity index is 1610. The number of benzene rings is 2. The van der Waals surface area contributed by atoms with Gasteiger partial charge in [-0.05, 0) is 43.2 Å². The largest absolute Gasteiger partial charge is 0.494 e. The predicted octanol–water partition coefficient (Wildman–Crippen LogP) is 5.37. The van der Waals surface area contributed by atoms with Crippen LogP contribution in [0.4, 0.5) is 4.39 Å². The van der Waals surface area contributed by atoms with Gasteiger partial charge in [-0.1, -0.05) is 31.5 Å². The Morgan fingerprint density at radius 2 is 2.13 bits per heavy atom. The molecule has 0 unspecified atom stereocenters. The van der Waals surface area contributed by atoms with E-state index < -0.39 is 11.9 Å². The normalized spacial score (nSPS) is 16.6. The van der Waals surface area contributed by atoms with E-state index in [1.54, 1.807) is 37.4 Å². The van der Waals surface area contributed by atoms with E-state index >= 15 is 0 Å². The molecule has 1 atom stereocenters. The second-order valence-electron chi connectivity index (χ2n) is 10.7. The monoisotopic (exact) mass is 550 g/mol. The maximum atomic E-state index is 15.0. The summed E-state index contributed by atoms with van der Waals surface area (Å²) < 4.78 is 28.3. The highest BCUT2D eigenvalue weighted by Gasteiger charge is 2.36. The van der Waals surface area contributed by atoms with Crippen LogP contribution in [-0.4, -0.2) is 46.0 Å². The first kappa shape index (κ1) is 25.6. The highest BCUT2D eigenvalue weighted by atomic mass is 35.5. The lowest BCUT2D eigenvalue weighted by Crippen LogP contribution is -2.29. The van der Waals surface area contributed by atoms with Gasteiger partial charge in [0.2, 0.25) is 0 Å². The Morgan fingerprint density at radius 1 is 1.33 bits per heavy atom. The minimum atomic E-state index is -1.15. The molecule has 4 aromatic rings. The number of nitrogens with one attached hydrogen (secondary N) is 1. The van der Waals surface area contributed by atoms with Gasteiger partial charge in [-0.2, -0.15) is 5.10 Å². The molecule has 39 heavy (non-hydrogen) atoms. The number of aliphatic hydroxyl groups is 1. The Hall–Kier alpha value is -3.69. The summed E-state index contributed by atoms with van der Waals surface area (Å²) in [5.74, 6) is -0.0163. The molecule has 1 aliphatic heterocycles. The van der Waals surface area contributed by atoms with Gasteiger partial charge >= 0.3 is 0 Å².